The minimum absolute atomic E-state index is 0.0206. The number of ketones is 9. The lowest BCUT2D eigenvalue weighted by Gasteiger charge is -2.56. The molecule has 15 heteroatoms. The molecule has 12 aliphatic carbocycles. The largest absolute Gasteiger partial charge is 0.388 e. The molecule has 420 valence electrons. The van der Waals surface area contributed by atoms with Gasteiger partial charge in [0.1, 0.15) is 54.0 Å². The van der Waals surface area contributed by atoms with E-state index in [1.54, 1.807) is 36.5 Å². The quantitative estimate of drug-likeness (QED) is 0.197. The summed E-state index contributed by atoms with van der Waals surface area (Å²) in [6, 6.07) is 0. The molecular formula is C63H78O15. The van der Waals surface area contributed by atoms with E-state index < -0.39 is 86.5 Å². The van der Waals surface area contributed by atoms with Crippen molar-refractivity contribution in [1.29, 1.82) is 0 Å². The fourth-order valence-electron chi connectivity index (χ4n) is 19.9. The smallest absolute Gasteiger partial charge is 0.190 e. The van der Waals surface area contributed by atoms with Crippen molar-refractivity contribution in [2.24, 2.45) is 85.8 Å². The number of hydrogen-bond acceptors (Lipinski definition) is 15. The van der Waals surface area contributed by atoms with Crippen molar-refractivity contribution in [3.63, 3.8) is 0 Å². The topological polar surface area (TPSA) is 275 Å². The summed E-state index contributed by atoms with van der Waals surface area (Å²) in [4.78, 5) is 112. The van der Waals surface area contributed by atoms with Gasteiger partial charge < -0.3 is 30.6 Å². The van der Waals surface area contributed by atoms with Crippen LogP contribution in [0.4, 0.5) is 0 Å². The molecule has 0 amide bonds. The molecule has 9 saturated carbocycles. The average molecular weight is 1080 g/mol. The van der Waals surface area contributed by atoms with Gasteiger partial charge in [0.15, 0.2) is 34.7 Å². The molecule has 0 saturated heterocycles. The van der Waals surface area contributed by atoms with Gasteiger partial charge in [-0.3, -0.25) is 43.2 Å². The molecule has 0 aliphatic heterocycles. The molecule has 0 aromatic rings. The van der Waals surface area contributed by atoms with Gasteiger partial charge in [0.05, 0.1) is 0 Å². The molecule has 15 nitrogen and oxygen atoms in total. The van der Waals surface area contributed by atoms with Crippen molar-refractivity contribution in [3.05, 3.63) is 71.4 Å². The highest BCUT2D eigenvalue weighted by atomic mass is 16.3. The summed E-state index contributed by atoms with van der Waals surface area (Å²) < 4.78 is 0. The van der Waals surface area contributed by atoms with Gasteiger partial charge in [-0.1, -0.05) is 76.5 Å². The average Bonchev–Trinajstić information content (AvgIpc) is 3.57. The van der Waals surface area contributed by atoms with Gasteiger partial charge in [-0.15, -0.1) is 0 Å². The maximum absolute atomic E-state index is 13.3. The van der Waals surface area contributed by atoms with Gasteiger partial charge in [-0.2, -0.15) is 0 Å². The summed E-state index contributed by atoms with van der Waals surface area (Å²) in [5.41, 5.74) is -5.59. The van der Waals surface area contributed by atoms with E-state index >= 15 is 0 Å². The normalized spacial score (nSPS) is 47.1. The molecule has 0 unspecified atom stereocenters. The summed E-state index contributed by atoms with van der Waals surface area (Å²) >= 11 is 0. The van der Waals surface area contributed by atoms with Crippen LogP contribution in [0.2, 0.25) is 0 Å². The summed E-state index contributed by atoms with van der Waals surface area (Å²) in [6.45, 7) is 9.57. The number of Topliss-reactive ketones (excluding diaryl/α,β-unsaturated/α-hetero) is 6. The van der Waals surface area contributed by atoms with Gasteiger partial charge >= 0.3 is 0 Å². The first-order chi connectivity index (χ1) is 36.5. The number of hydrogen-bond donors (Lipinski definition) is 6. The van der Waals surface area contributed by atoms with E-state index in [2.05, 4.69) is 0 Å². The number of aliphatic hydroxyl groups is 6. The van der Waals surface area contributed by atoms with Gasteiger partial charge in [0.2, 0.25) is 0 Å². The number of aliphatic hydroxyl groups excluding tert-OH is 3. The van der Waals surface area contributed by atoms with E-state index in [0.29, 0.717) is 38.5 Å². The molecule has 9 fully saturated rings. The Morgan fingerprint density at radius 2 is 0.667 bits per heavy atom. The third kappa shape index (κ3) is 7.66. The fourth-order valence-corrected chi connectivity index (χ4v) is 19.9. The Labute approximate surface area is 455 Å². The van der Waals surface area contributed by atoms with Gasteiger partial charge in [-0.25, -0.2) is 0 Å². The molecule has 12 rings (SSSR count). The number of allylic oxidation sites excluding steroid dienone is 12. The molecule has 0 spiro atoms. The Kier molecular flexibility index (Phi) is 13.7. The van der Waals surface area contributed by atoms with E-state index in [1.807, 2.05) is 59.8 Å². The van der Waals surface area contributed by atoms with Gasteiger partial charge in [0.25, 0.3) is 0 Å². The Balaban J connectivity index is 0.000000132. The Morgan fingerprint density at radius 1 is 0.423 bits per heavy atom. The van der Waals surface area contributed by atoms with E-state index in [0.717, 1.165) is 55.2 Å². The van der Waals surface area contributed by atoms with Crippen molar-refractivity contribution in [2.45, 2.75) is 155 Å². The van der Waals surface area contributed by atoms with Crippen molar-refractivity contribution >= 4 is 52.0 Å². The highest BCUT2D eigenvalue weighted by molar-refractivity contribution is 6.04. The molecule has 12 aliphatic rings. The standard InChI is InChI=1S/3C21H26O5/c3*1-19-7-5-13(23)9-12(19)3-4-14-15-6-8-21(26,17(25)11-22)20(15,2)10-16(24)18(14)19/h3*5,7,9,14-15,18,22,26H,3-4,6,8,10-11H2,1-2H3/t3*14-,15-,18+,19-,20-,21-/m000/s1. The van der Waals surface area contributed by atoms with Crippen LogP contribution < -0.4 is 0 Å². The minimum atomic E-state index is -1.62. The first-order valence-electron chi connectivity index (χ1n) is 28.5. The van der Waals surface area contributed by atoms with E-state index in [-0.39, 0.29) is 107 Å². The molecule has 0 radical (unpaired) electrons. The van der Waals surface area contributed by atoms with Crippen molar-refractivity contribution < 1.29 is 73.8 Å². The zero-order valence-corrected chi connectivity index (χ0v) is 46.0. The third-order valence-electron chi connectivity index (χ3n) is 24.0. The number of fused-ring (bicyclic) bond motifs is 15. The lowest BCUT2D eigenvalue weighted by molar-refractivity contribution is -0.169. The second-order valence-corrected chi connectivity index (χ2v) is 27.0. The Bertz CT molecular complexity index is 2600. The van der Waals surface area contributed by atoms with Crippen molar-refractivity contribution in [3.8, 4) is 0 Å². The summed E-state index contributed by atoms with van der Waals surface area (Å²) in [6.07, 6.45) is 23.5. The second-order valence-electron chi connectivity index (χ2n) is 27.0. The molecule has 0 aromatic heterocycles. The highest BCUT2D eigenvalue weighted by Gasteiger charge is 2.71. The maximum Gasteiger partial charge on any atom is 0.190 e. The van der Waals surface area contributed by atoms with Crippen LogP contribution in [0.5, 0.6) is 0 Å². The van der Waals surface area contributed by atoms with Crippen LogP contribution >= 0.6 is 0 Å². The monoisotopic (exact) mass is 1070 g/mol. The number of carbonyl (C=O) groups excluding carboxylic acids is 9. The zero-order chi connectivity index (χ0) is 56.7. The van der Waals surface area contributed by atoms with E-state index in [9.17, 15) is 73.8 Å². The van der Waals surface area contributed by atoms with E-state index in [1.165, 1.54) is 0 Å². The van der Waals surface area contributed by atoms with Crippen LogP contribution in [0.25, 0.3) is 0 Å². The summed E-state index contributed by atoms with van der Waals surface area (Å²) in [7, 11) is 0. The van der Waals surface area contributed by atoms with Gasteiger partial charge in [0, 0.05) is 69.5 Å². The number of rotatable bonds is 6. The Hall–Kier alpha value is -4.77. The highest BCUT2D eigenvalue weighted by Crippen LogP contribution is 2.69. The summed E-state index contributed by atoms with van der Waals surface area (Å²) in [5.74, 6) is -1.77. The van der Waals surface area contributed by atoms with Crippen molar-refractivity contribution in [2.75, 3.05) is 19.8 Å². The van der Waals surface area contributed by atoms with Crippen LogP contribution in [0.1, 0.15) is 138 Å². The molecule has 6 N–H and O–H groups in total. The number of carbonyl (C=O) groups is 9. The first-order valence-corrected chi connectivity index (χ1v) is 28.5. The molecule has 0 bridgehead atoms. The predicted octanol–water partition coefficient (Wildman–Crippen LogP) is 5.30. The summed E-state index contributed by atoms with van der Waals surface area (Å²) in [5, 5.41) is 61.4. The predicted molar refractivity (Wildman–Crippen MR) is 282 cm³/mol. The second kappa shape index (κ2) is 18.9. The van der Waals surface area contributed by atoms with Crippen LogP contribution in [0.15, 0.2) is 71.4 Å². The van der Waals surface area contributed by atoms with Crippen LogP contribution in [-0.2, 0) is 43.2 Å². The first kappa shape index (κ1) is 56.5. The third-order valence-corrected chi connectivity index (χ3v) is 24.0. The van der Waals surface area contributed by atoms with E-state index in [4.69, 9.17) is 0 Å². The molecule has 0 aromatic carbocycles. The zero-order valence-electron chi connectivity index (χ0n) is 46.0. The fraction of sp³-hybridized carbons (Fsp3) is 0.667. The van der Waals surface area contributed by atoms with Crippen LogP contribution in [0, 0.1) is 85.8 Å². The molecule has 78 heavy (non-hydrogen) atoms. The Morgan fingerprint density at radius 3 is 0.897 bits per heavy atom. The molecule has 0 heterocycles. The maximum atomic E-state index is 13.3. The SMILES string of the molecule is C[C@]12C=CC(=O)C=C1CC[C@@H]1[C@@H]2C(=O)C[C@@]2(C)[C@H]1CC[C@]2(O)C(=O)CO.C[C@]12C=CC(=O)C=C1CC[C@@H]1[C@@H]2C(=O)C[C@@]2(C)[C@H]1CC[C@]2(O)C(=O)CO.C[C@]12C=CC(=O)C=C1CC[C@@H]1[C@@H]2C(=O)C[C@@]2(C)[C@H]1CC[C@]2(O)C(=O)CO. The van der Waals surface area contributed by atoms with Crippen molar-refractivity contribution in [1.82, 2.24) is 0 Å². The lowest BCUT2D eigenvalue weighted by Crippen LogP contribution is -2.60. The van der Waals surface area contributed by atoms with Crippen LogP contribution in [-0.4, -0.2) is 119 Å². The molecular weight excluding hydrogens is 997 g/mol. The molecule has 18 atom stereocenters. The minimum Gasteiger partial charge on any atom is -0.388 e. The lowest BCUT2D eigenvalue weighted by atomic mass is 9.46. The van der Waals surface area contributed by atoms with Crippen LogP contribution in [0.3, 0.4) is 0 Å². The van der Waals surface area contributed by atoms with Gasteiger partial charge in [-0.05, 0) is 149 Å².